The summed E-state index contributed by atoms with van der Waals surface area (Å²) in [4.78, 5) is 0. The summed E-state index contributed by atoms with van der Waals surface area (Å²) in [6.07, 6.45) is 5.89. The van der Waals surface area contributed by atoms with E-state index in [-0.39, 0.29) is 0 Å². The maximum absolute atomic E-state index is 3.39. The van der Waals surface area contributed by atoms with Gasteiger partial charge in [-0.05, 0) is 50.6 Å². The molecule has 68 valence electrons. The van der Waals surface area contributed by atoms with Crippen LogP contribution < -0.4 is 10.6 Å². The average Bonchev–Trinajstić information content (AvgIpc) is 2.64. The number of rotatable bonds is 0. The molecule has 0 radical (unpaired) electrons. The number of hydrogen-bond acceptors (Lipinski definition) is 2. The molecule has 0 aromatic carbocycles. The van der Waals surface area contributed by atoms with E-state index in [2.05, 4.69) is 10.6 Å². The van der Waals surface area contributed by atoms with Crippen LogP contribution in [0.15, 0.2) is 0 Å². The molecule has 0 spiro atoms. The Hall–Kier alpha value is -0.0800. The molecule has 6 aliphatic rings. The van der Waals surface area contributed by atoms with Crippen molar-refractivity contribution in [3.05, 3.63) is 0 Å². The van der Waals surface area contributed by atoms with Gasteiger partial charge in [0.2, 0.25) is 0 Å². The first kappa shape index (κ1) is 7.34. The number of nitrogens with one attached hydrogen (secondary N) is 2. The molecule has 6 rings (SSSR count). The highest BCUT2D eigenvalue weighted by atomic mass is 15.0. The first-order chi connectivity index (χ1) is 5.90. The molecular weight excluding hydrogens is 148 g/mol. The van der Waals surface area contributed by atoms with Crippen LogP contribution in [0.2, 0.25) is 0 Å². The van der Waals surface area contributed by atoms with Crippen LogP contribution >= 0.6 is 0 Å². The smallest absolute Gasteiger partial charge is 0.00734 e. The summed E-state index contributed by atoms with van der Waals surface area (Å²) in [6.45, 7) is 2.62. The quantitative estimate of drug-likeness (QED) is 0.554. The van der Waals surface area contributed by atoms with Crippen molar-refractivity contribution in [2.24, 2.45) is 11.8 Å². The Morgan fingerprint density at radius 2 is 1.08 bits per heavy atom. The lowest BCUT2D eigenvalue weighted by Gasteiger charge is -2.19. The fourth-order valence-corrected chi connectivity index (χ4v) is 2.80. The van der Waals surface area contributed by atoms with Gasteiger partial charge in [-0.3, -0.25) is 0 Å². The Kier molecular flexibility index (Phi) is 1.66. The van der Waals surface area contributed by atoms with Crippen LogP contribution in [-0.2, 0) is 0 Å². The molecule has 2 saturated carbocycles. The number of hydrogen-bond donors (Lipinski definition) is 2. The van der Waals surface area contributed by atoms with Gasteiger partial charge in [-0.25, -0.2) is 0 Å². The Labute approximate surface area is 74.1 Å². The fraction of sp³-hybridized carbons (Fsp3) is 1.00. The fourth-order valence-electron chi connectivity index (χ4n) is 2.80. The molecule has 2 N–H and O–H groups in total. The lowest BCUT2D eigenvalue weighted by atomic mass is 9.87. The molecule has 2 heteroatoms. The van der Waals surface area contributed by atoms with Gasteiger partial charge < -0.3 is 10.6 Å². The standard InChI is InChI=1S/2C5H9N/c2*1-4-2-5(1)6-3-4/h2*4-6H,1-3H2. The zero-order valence-electron chi connectivity index (χ0n) is 7.55. The highest BCUT2D eigenvalue weighted by Gasteiger charge is 2.35. The zero-order chi connectivity index (χ0) is 7.97. The van der Waals surface area contributed by atoms with E-state index in [1.807, 2.05) is 0 Å². The van der Waals surface area contributed by atoms with E-state index in [9.17, 15) is 0 Å². The van der Waals surface area contributed by atoms with E-state index >= 15 is 0 Å². The van der Waals surface area contributed by atoms with Crippen LogP contribution in [0.5, 0.6) is 0 Å². The van der Waals surface area contributed by atoms with E-state index in [0.29, 0.717) is 0 Å². The van der Waals surface area contributed by atoms with Gasteiger partial charge in [0.1, 0.15) is 0 Å². The third kappa shape index (κ3) is 1.17. The normalized spacial score (nSPS) is 52.0. The molecule has 0 aromatic heterocycles. The Balaban J connectivity index is 0.0000000817. The first-order valence-electron chi connectivity index (χ1n) is 5.37. The van der Waals surface area contributed by atoms with Crippen molar-refractivity contribution in [1.29, 1.82) is 0 Å². The van der Waals surface area contributed by atoms with Gasteiger partial charge in [0.05, 0.1) is 0 Å². The van der Waals surface area contributed by atoms with Gasteiger partial charge in [-0.1, -0.05) is 0 Å². The molecule has 12 heavy (non-hydrogen) atoms. The Morgan fingerprint density at radius 3 is 1.17 bits per heavy atom. The largest absolute Gasteiger partial charge is 0.314 e. The Bertz CT molecular complexity index is 122. The van der Waals surface area contributed by atoms with Crippen molar-refractivity contribution < 1.29 is 0 Å². The molecule has 0 unspecified atom stereocenters. The lowest BCUT2D eigenvalue weighted by molar-refractivity contribution is 0.372. The van der Waals surface area contributed by atoms with Gasteiger partial charge in [-0.2, -0.15) is 0 Å². The summed E-state index contributed by atoms with van der Waals surface area (Å²) in [7, 11) is 0. The van der Waals surface area contributed by atoms with Crippen LogP contribution in [0.1, 0.15) is 25.7 Å². The molecule has 4 saturated heterocycles. The minimum atomic E-state index is 0.940. The van der Waals surface area contributed by atoms with Gasteiger partial charge >= 0.3 is 0 Å². The van der Waals surface area contributed by atoms with Crippen molar-refractivity contribution in [2.75, 3.05) is 13.1 Å². The maximum Gasteiger partial charge on any atom is 0.00734 e. The van der Waals surface area contributed by atoms with E-state index < -0.39 is 0 Å². The summed E-state index contributed by atoms with van der Waals surface area (Å²) in [5.41, 5.74) is 0. The third-order valence-corrected chi connectivity index (χ3v) is 3.86. The van der Waals surface area contributed by atoms with Gasteiger partial charge in [0.15, 0.2) is 0 Å². The highest BCUT2D eigenvalue weighted by molar-refractivity contribution is 4.94. The molecule has 2 nitrogen and oxygen atoms in total. The summed E-state index contributed by atoms with van der Waals surface area (Å²) < 4.78 is 0. The van der Waals surface area contributed by atoms with Crippen molar-refractivity contribution in [3.63, 3.8) is 0 Å². The first-order valence-corrected chi connectivity index (χ1v) is 5.37. The topological polar surface area (TPSA) is 24.1 Å². The third-order valence-electron chi connectivity index (χ3n) is 3.86. The second kappa shape index (κ2) is 2.71. The van der Waals surface area contributed by atoms with Gasteiger partial charge in [0, 0.05) is 12.1 Å². The molecule has 6 fully saturated rings. The molecule has 4 heterocycles. The van der Waals surface area contributed by atoms with E-state index in [4.69, 9.17) is 0 Å². The van der Waals surface area contributed by atoms with Gasteiger partial charge in [-0.15, -0.1) is 0 Å². The summed E-state index contributed by atoms with van der Waals surface area (Å²) in [5, 5.41) is 6.79. The molecule has 2 aliphatic carbocycles. The summed E-state index contributed by atoms with van der Waals surface area (Å²) in [6, 6.07) is 1.88. The average molecular weight is 166 g/mol. The van der Waals surface area contributed by atoms with Crippen molar-refractivity contribution in [2.45, 2.75) is 37.8 Å². The van der Waals surface area contributed by atoms with Crippen molar-refractivity contribution >= 4 is 0 Å². The van der Waals surface area contributed by atoms with Crippen molar-refractivity contribution in [3.8, 4) is 0 Å². The van der Waals surface area contributed by atoms with Crippen LogP contribution in [0.25, 0.3) is 0 Å². The van der Waals surface area contributed by atoms with E-state index in [1.54, 1.807) is 0 Å². The minimum absolute atomic E-state index is 0.940. The molecule has 0 aromatic rings. The van der Waals surface area contributed by atoms with Crippen LogP contribution in [0, 0.1) is 11.8 Å². The predicted molar refractivity (Wildman–Crippen MR) is 49.0 cm³/mol. The second-order valence-corrected chi connectivity index (χ2v) is 4.89. The highest BCUT2D eigenvalue weighted by Crippen LogP contribution is 2.32. The van der Waals surface area contributed by atoms with Crippen LogP contribution in [0.4, 0.5) is 0 Å². The van der Waals surface area contributed by atoms with Crippen LogP contribution in [0.3, 0.4) is 0 Å². The minimum Gasteiger partial charge on any atom is -0.314 e. The Morgan fingerprint density at radius 1 is 0.667 bits per heavy atom. The second-order valence-electron chi connectivity index (χ2n) is 4.89. The summed E-state index contributed by atoms with van der Waals surface area (Å²) in [5.74, 6) is 2.16. The molecule has 0 atom stereocenters. The lowest BCUT2D eigenvalue weighted by Crippen LogP contribution is -2.23. The SMILES string of the molecule is C1NC2CC1C2.C1NC2CC1C2. The molecule has 4 bridgehead atoms. The monoisotopic (exact) mass is 166 g/mol. The zero-order valence-corrected chi connectivity index (χ0v) is 7.55. The number of fused-ring (bicyclic) bond motifs is 2. The predicted octanol–water partition coefficient (Wildman–Crippen LogP) is 0.736. The molecule has 0 amide bonds. The van der Waals surface area contributed by atoms with Crippen molar-refractivity contribution in [1.82, 2.24) is 10.6 Å². The maximum atomic E-state index is 3.39. The van der Waals surface area contributed by atoms with E-state index in [1.165, 1.54) is 38.8 Å². The van der Waals surface area contributed by atoms with Gasteiger partial charge in [0.25, 0.3) is 0 Å². The van der Waals surface area contributed by atoms with Crippen LogP contribution in [-0.4, -0.2) is 25.2 Å². The summed E-state index contributed by atoms with van der Waals surface area (Å²) >= 11 is 0. The van der Waals surface area contributed by atoms with E-state index in [0.717, 1.165) is 23.9 Å². The molecular formula is C10H18N2. The molecule has 4 aliphatic heterocycles.